The Morgan fingerprint density at radius 2 is 2.15 bits per heavy atom. The van der Waals surface area contributed by atoms with E-state index in [4.69, 9.17) is 10.5 Å². The topological polar surface area (TPSA) is 55.6 Å². The maximum Gasteiger partial charge on any atom is 0.222 e. The Morgan fingerprint density at radius 1 is 1.45 bits per heavy atom. The van der Waals surface area contributed by atoms with Crippen LogP contribution in [0.15, 0.2) is 22.7 Å². The molecule has 112 valence electrons. The van der Waals surface area contributed by atoms with Gasteiger partial charge in [-0.15, -0.1) is 0 Å². The van der Waals surface area contributed by atoms with E-state index in [-0.39, 0.29) is 11.9 Å². The first-order chi connectivity index (χ1) is 9.40. The van der Waals surface area contributed by atoms with Crippen LogP contribution >= 0.6 is 15.9 Å². The average molecular weight is 343 g/mol. The van der Waals surface area contributed by atoms with Gasteiger partial charge in [-0.1, -0.05) is 6.07 Å². The van der Waals surface area contributed by atoms with Gasteiger partial charge in [0.05, 0.1) is 11.1 Å². The van der Waals surface area contributed by atoms with Crippen molar-refractivity contribution < 1.29 is 9.53 Å². The summed E-state index contributed by atoms with van der Waals surface area (Å²) in [5.41, 5.74) is 6.96. The summed E-state index contributed by atoms with van der Waals surface area (Å²) in [6.45, 7) is 2.52. The van der Waals surface area contributed by atoms with Gasteiger partial charge in [0.15, 0.2) is 0 Å². The second-order valence-corrected chi connectivity index (χ2v) is 6.04. The number of carbonyl (C=O) groups excluding carboxylic acids is 1. The summed E-state index contributed by atoms with van der Waals surface area (Å²) >= 11 is 3.50. The first-order valence-corrected chi connectivity index (χ1v) is 7.56. The third-order valence-electron chi connectivity index (χ3n) is 2.85. The molecule has 0 aliphatic rings. The molecule has 0 spiro atoms. The van der Waals surface area contributed by atoms with Crippen LogP contribution in [0.25, 0.3) is 0 Å². The lowest BCUT2D eigenvalue weighted by Gasteiger charge is -2.12. The average Bonchev–Trinajstić information content (AvgIpc) is 2.35. The van der Waals surface area contributed by atoms with Crippen molar-refractivity contribution >= 4 is 21.8 Å². The van der Waals surface area contributed by atoms with Gasteiger partial charge in [-0.25, -0.2) is 0 Å². The monoisotopic (exact) mass is 342 g/mol. The van der Waals surface area contributed by atoms with Crippen LogP contribution in [0, 0.1) is 0 Å². The number of rotatable bonds is 7. The Balaban J connectivity index is 2.43. The van der Waals surface area contributed by atoms with Gasteiger partial charge in [-0.05, 0) is 53.4 Å². The molecule has 1 aromatic carbocycles. The molecule has 1 atom stereocenters. The van der Waals surface area contributed by atoms with Gasteiger partial charge >= 0.3 is 0 Å². The summed E-state index contributed by atoms with van der Waals surface area (Å²) < 4.78 is 6.60. The number of nitrogens with zero attached hydrogens (tertiary/aromatic N) is 1. The van der Waals surface area contributed by atoms with Crippen LogP contribution in [0.1, 0.15) is 25.3 Å². The molecule has 0 bridgehead atoms. The van der Waals surface area contributed by atoms with Gasteiger partial charge in [-0.3, -0.25) is 4.79 Å². The molecule has 0 heterocycles. The molecule has 5 heteroatoms. The lowest BCUT2D eigenvalue weighted by Crippen LogP contribution is -2.21. The van der Waals surface area contributed by atoms with Gasteiger partial charge < -0.3 is 15.4 Å². The molecule has 0 fully saturated rings. The van der Waals surface area contributed by atoms with E-state index in [1.165, 1.54) is 5.56 Å². The summed E-state index contributed by atoms with van der Waals surface area (Å²) in [6, 6.07) is 6.14. The molecule has 0 aromatic heterocycles. The van der Waals surface area contributed by atoms with Crippen molar-refractivity contribution in [2.75, 3.05) is 20.7 Å². The smallest absolute Gasteiger partial charge is 0.222 e. The molecular formula is C15H23BrN2O2. The highest BCUT2D eigenvalue weighted by molar-refractivity contribution is 9.10. The van der Waals surface area contributed by atoms with E-state index >= 15 is 0 Å². The Hall–Kier alpha value is -1.07. The minimum atomic E-state index is 0.125. The SMILES string of the molecule is CC(N)Cc1ccc(OCCCC(=O)N(C)C)c(Br)c1. The minimum Gasteiger partial charge on any atom is -0.492 e. The second-order valence-electron chi connectivity index (χ2n) is 5.19. The lowest BCUT2D eigenvalue weighted by atomic mass is 10.1. The molecule has 0 saturated heterocycles. The van der Waals surface area contributed by atoms with E-state index in [9.17, 15) is 4.79 Å². The van der Waals surface area contributed by atoms with Crippen LogP contribution in [0.4, 0.5) is 0 Å². The maximum atomic E-state index is 11.4. The quantitative estimate of drug-likeness (QED) is 0.775. The Kier molecular flexibility index (Phi) is 7.02. The molecule has 0 radical (unpaired) electrons. The van der Waals surface area contributed by atoms with E-state index in [2.05, 4.69) is 15.9 Å². The van der Waals surface area contributed by atoms with Crippen LogP contribution in [0.3, 0.4) is 0 Å². The second kappa shape index (κ2) is 8.27. The van der Waals surface area contributed by atoms with Crippen LogP contribution < -0.4 is 10.5 Å². The molecule has 0 aliphatic carbocycles. The van der Waals surface area contributed by atoms with Crippen LogP contribution in [-0.4, -0.2) is 37.6 Å². The van der Waals surface area contributed by atoms with Gasteiger partial charge in [0.25, 0.3) is 0 Å². The number of hydrogen-bond acceptors (Lipinski definition) is 3. The fourth-order valence-corrected chi connectivity index (χ4v) is 2.33. The highest BCUT2D eigenvalue weighted by Gasteiger charge is 2.06. The molecule has 0 saturated carbocycles. The minimum absolute atomic E-state index is 0.125. The molecule has 1 rings (SSSR count). The van der Waals surface area contributed by atoms with Crippen molar-refractivity contribution in [2.45, 2.75) is 32.2 Å². The normalized spacial score (nSPS) is 12.1. The van der Waals surface area contributed by atoms with Crippen molar-refractivity contribution in [1.29, 1.82) is 0 Å². The van der Waals surface area contributed by atoms with Crippen LogP contribution in [0.5, 0.6) is 5.75 Å². The van der Waals surface area contributed by atoms with Gasteiger partial charge in [-0.2, -0.15) is 0 Å². The standard InChI is InChI=1S/C15H23BrN2O2/c1-11(17)9-12-6-7-14(13(16)10-12)20-8-4-5-15(19)18(2)3/h6-7,10-11H,4-5,8-9,17H2,1-3H3. The molecule has 1 aromatic rings. The van der Waals surface area contributed by atoms with E-state index in [1.54, 1.807) is 19.0 Å². The summed E-state index contributed by atoms with van der Waals surface area (Å²) in [7, 11) is 3.52. The third kappa shape index (κ3) is 5.92. The van der Waals surface area contributed by atoms with Crippen LogP contribution in [-0.2, 0) is 11.2 Å². The number of halogens is 1. The van der Waals surface area contributed by atoms with Crippen molar-refractivity contribution in [3.63, 3.8) is 0 Å². The Labute approximate surface area is 129 Å². The zero-order valence-corrected chi connectivity index (χ0v) is 13.9. The number of hydrogen-bond donors (Lipinski definition) is 1. The summed E-state index contributed by atoms with van der Waals surface area (Å²) in [4.78, 5) is 13.0. The first-order valence-electron chi connectivity index (χ1n) is 6.77. The van der Waals surface area contributed by atoms with Crippen molar-refractivity contribution in [3.05, 3.63) is 28.2 Å². The zero-order valence-electron chi connectivity index (χ0n) is 12.4. The van der Waals surface area contributed by atoms with Crippen molar-refractivity contribution in [3.8, 4) is 5.75 Å². The Bertz CT molecular complexity index is 447. The summed E-state index contributed by atoms with van der Waals surface area (Å²) in [5, 5.41) is 0. The fourth-order valence-electron chi connectivity index (χ4n) is 1.79. The first kappa shape index (κ1) is 17.0. The van der Waals surface area contributed by atoms with Gasteiger partial charge in [0, 0.05) is 26.6 Å². The van der Waals surface area contributed by atoms with E-state index in [1.807, 2.05) is 25.1 Å². The molecular weight excluding hydrogens is 320 g/mol. The number of nitrogens with two attached hydrogens (primary N) is 1. The fraction of sp³-hybridized carbons (Fsp3) is 0.533. The zero-order chi connectivity index (χ0) is 15.1. The predicted molar refractivity (Wildman–Crippen MR) is 84.9 cm³/mol. The van der Waals surface area contributed by atoms with Crippen LogP contribution in [0.2, 0.25) is 0 Å². The number of carbonyl (C=O) groups is 1. The summed E-state index contributed by atoms with van der Waals surface area (Å²) in [6.07, 6.45) is 2.06. The predicted octanol–water partition coefficient (Wildman–Crippen LogP) is 2.59. The third-order valence-corrected chi connectivity index (χ3v) is 3.47. The van der Waals surface area contributed by atoms with Gasteiger partial charge in [0.2, 0.25) is 5.91 Å². The van der Waals surface area contributed by atoms with E-state index < -0.39 is 0 Å². The maximum absolute atomic E-state index is 11.4. The highest BCUT2D eigenvalue weighted by atomic mass is 79.9. The molecule has 1 amide bonds. The number of ether oxygens (including phenoxy) is 1. The number of benzene rings is 1. The highest BCUT2D eigenvalue weighted by Crippen LogP contribution is 2.26. The molecule has 4 nitrogen and oxygen atoms in total. The van der Waals surface area contributed by atoms with E-state index in [0.717, 1.165) is 16.6 Å². The number of amides is 1. The lowest BCUT2D eigenvalue weighted by molar-refractivity contribution is -0.128. The summed E-state index contributed by atoms with van der Waals surface area (Å²) in [5.74, 6) is 0.927. The van der Waals surface area contributed by atoms with Gasteiger partial charge in [0.1, 0.15) is 5.75 Å². The van der Waals surface area contributed by atoms with E-state index in [0.29, 0.717) is 19.4 Å². The Morgan fingerprint density at radius 3 is 2.70 bits per heavy atom. The molecule has 2 N–H and O–H groups in total. The van der Waals surface area contributed by atoms with Crippen molar-refractivity contribution in [1.82, 2.24) is 4.90 Å². The molecule has 20 heavy (non-hydrogen) atoms. The largest absolute Gasteiger partial charge is 0.492 e. The molecule has 0 aliphatic heterocycles. The van der Waals surface area contributed by atoms with Crippen molar-refractivity contribution in [2.24, 2.45) is 5.73 Å². The molecule has 1 unspecified atom stereocenters.